The van der Waals surface area contributed by atoms with Crippen LogP contribution in [0.3, 0.4) is 0 Å². The molecule has 1 heterocycles. The zero-order valence-corrected chi connectivity index (χ0v) is 12.2. The summed E-state index contributed by atoms with van der Waals surface area (Å²) in [5, 5.41) is 1.09. The molecule has 3 heteroatoms. The standard InChI is InChI=1S/C12H25BrN2/c1-5-11-8-15(7-6-14(11)4)10-12(2,3)9-13/h11H,5-10H2,1-4H3. The number of rotatable bonds is 4. The van der Waals surface area contributed by atoms with E-state index in [0.29, 0.717) is 5.41 Å². The Bertz CT molecular complexity index is 194. The molecule has 0 saturated carbocycles. The second kappa shape index (κ2) is 5.65. The molecule has 2 nitrogen and oxygen atoms in total. The van der Waals surface area contributed by atoms with E-state index in [1.54, 1.807) is 0 Å². The van der Waals surface area contributed by atoms with Crippen LogP contribution < -0.4 is 0 Å². The van der Waals surface area contributed by atoms with Crippen molar-refractivity contribution in [2.45, 2.75) is 33.2 Å². The van der Waals surface area contributed by atoms with Gasteiger partial charge in [0.25, 0.3) is 0 Å². The van der Waals surface area contributed by atoms with E-state index < -0.39 is 0 Å². The Hall–Kier alpha value is 0.400. The van der Waals surface area contributed by atoms with Gasteiger partial charge in [-0.15, -0.1) is 0 Å². The molecule has 1 aliphatic rings. The molecule has 1 fully saturated rings. The first kappa shape index (κ1) is 13.5. The maximum Gasteiger partial charge on any atom is 0.0218 e. The highest BCUT2D eigenvalue weighted by Gasteiger charge is 2.27. The summed E-state index contributed by atoms with van der Waals surface area (Å²) in [6.45, 7) is 11.9. The Labute approximate surface area is 103 Å². The molecule has 1 atom stereocenters. The Morgan fingerprint density at radius 1 is 1.33 bits per heavy atom. The van der Waals surface area contributed by atoms with Gasteiger partial charge >= 0.3 is 0 Å². The highest BCUT2D eigenvalue weighted by Crippen LogP contribution is 2.22. The van der Waals surface area contributed by atoms with Crippen molar-refractivity contribution >= 4 is 15.9 Å². The van der Waals surface area contributed by atoms with Crippen LogP contribution in [0.15, 0.2) is 0 Å². The number of hydrogen-bond acceptors (Lipinski definition) is 2. The van der Waals surface area contributed by atoms with Crippen molar-refractivity contribution in [1.29, 1.82) is 0 Å². The van der Waals surface area contributed by atoms with Gasteiger partial charge in [0, 0.05) is 37.6 Å². The third kappa shape index (κ3) is 4.04. The molecule has 0 aromatic carbocycles. The molecular weight excluding hydrogens is 252 g/mol. The lowest BCUT2D eigenvalue weighted by molar-refractivity contribution is 0.0711. The van der Waals surface area contributed by atoms with Gasteiger partial charge in [-0.25, -0.2) is 0 Å². The van der Waals surface area contributed by atoms with Crippen molar-refractivity contribution in [3.05, 3.63) is 0 Å². The van der Waals surface area contributed by atoms with E-state index in [1.807, 2.05) is 0 Å². The van der Waals surface area contributed by atoms with E-state index in [9.17, 15) is 0 Å². The quantitative estimate of drug-likeness (QED) is 0.728. The summed E-state index contributed by atoms with van der Waals surface area (Å²) in [7, 11) is 2.25. The molecule has 1 aliphatic heterocycles. The molecule has 0 aromatic heterocycles. The van der Waals surface area contributed by atoms with Crippen molar-refractivity contribution in [2.24, 2.45) is 5.41 Å². The zero-order valence-electron chi connectivity index (χ0n) is 10.6. The molecule has 15 heavy (non-hydrogen) atoms. The van der Waals surface area contributed by atoms with Gasteiger partial charge in [-0.2, -0.15) is 0 Å². The first-order valence-electron chi connectivity index (χ1n) is 5.97. The smallest absolute Gasteiger partial charge is 0.0218 e. The predicted octanol–water partition coefficient (Wildman–Crippen LogP) is 2.43. The number of alkyl halides is 1. The Morgan fingerprint density at radius 2 is 2.00 bits per heavy atom. The third-order valence-corrected chi connectivity index (χ3v) is 4.86. The molecular formula is C12H25BrN2. The lowest BCUT2D eigenvalue weighted by Crippen LogP contribution is -2.53. The minimum Gasteiger partial charge on any atom is -0.301 e. The van der Waals surface area contributed by atoms with Crippen molar-refractivity contribution in [3.63, 3.8) is 0 Å². The van der Waals surface area contributed by atoms with Crippen LogP contribution in [0.25, 0.3) is 0 Å². The van der Waals surface area contributed by atoms with Crippen molar-refractivity contribution in [2.75, 3.05) is 38.6 Å². The van der Waals surface area contributed by atoms with E-state index in [-0.39, 0.29) is 0 Å². The molecule has 1 rings (SSSR count). The van der Waals surface area contributed by atoms with Gasteiger partial charge in [-0.3, -0.25) is 4.90 Å². The molecule has 0 spiro atoms. The Balaban J connectivity index is 2.45. The largest absolute Gasteiger partial charge is 0.301 e. The molecule has 0 aliphatic carbocycles. The third-order valence-electron chi connectivity index (χ3n) is 3.35. The lowest BCUT2D eigenvalue weighted by Gasteiger charge is -2.41. The van der Waals surface area contributed by atoms with Crippen LogP contribution >= 0.6 is 15.9 Å². The van der Waals surface area contributed by atoms with E-state index in [2.05, 4.69) is 53.5 Å². The normalized spacial score (nSPS) is 25.8. The summed E-state index contributed by atoms with van der Waals surface area (Å²) in [4.78, 5) is 5.12. The second-order valence-corrected chi connectivity index (χ2v) is 6.14. The molecule has 0 N–H and O–H groups in total. The van der Waals surface area contributed by atoms with Crippen LogP contribution in [0.1, 0.15) is 27.2 Å². The van der Waals surface area contributed by atoms with Gasteiger partial charge in [-0.1, -0.05) is 36.7 Å². The average molecular weight is 277 g/mol. The van der Waals surface area contributed by atoms with E-state index in [0.717, 1.165) is 11.4 Å². The van der Waals surface area contributed by atoms with E-state index in [1.165, 1.54) is 32.6 Å². The van der Waals surface area contributed by atoms with E-state index >= 15 is 0 Å². The van der Waals surface area contributed by atoms with Crippen molar-refractivity contribution < 1.29 is 0 Å². The maximum absolute atomic E-state index is 3.60. The van der Waals surface area contributed by atoms with Gasteiger partial charge in [-0.05, 0) is 18.9 Å². The number of halogens is 1. The predicted molar refractivity (Wildman–Crippen MR) is 70.7 cm³/mol. The minimum atomic E-state index is 0.397. The Morgan fingerprint density at radius 3 is 2.53 bits per heavy atom. The van der Waals surface area contributed by atoms with E-state index in [4.69, 9.17) is 0 Å². The summed E-state index contributed by atoms with van der Waals surface area (Å²) in [5.74, 6) is 0. The topological polar surface area (TPSA) is 6.48 Å². The van der Waals surface area contributed by atoms with Gasteiger partial charge in [0.2, 0.25) is 0 Å². The number of piperazine rings is 1. The Kier molecular flexibility index (Phi) is 5.07. The summed E-state index contributed by atoms with van der Waals surface area (Å²) in [5.41, 5.74) is 0.397. The SMILES string of the molecule is CCC1CN(CC(C)(C)CBr)CCN1C. The molecule has 90 valence electrons. The van der Waals surface area contributed by atoms with Crippen LogP contribution in [0.4, 0.5) is 0 Å². The number of likely N-dealkylation sites (N-methyl/N-ethyl adjacent to an activating group) is 1. The molecule has 0 bridgehead atoms. The molecule has 0 aromatic rings. The van der Waals surface area contributed by atoms with Crippen molar-refractivity contribution in [3.8, 4) is 0 Å². The first-order valence-corrected chi connectivity index (χ1v) is 7.09. The van der Waals surface area contributed by atoms with Gasteiger partial charge in [0.05, 0.1) is 0 Å². The number of nitrogens with zero attached hydrogens (tertiary/aromatic N) is 2. The monoisotopic (exact) mass is 276 g/mol. The second-order valence-electron chi connectivity index (χ2n) is 5.58. The van der Waals surface area contributed by atoms with Crippen LogP contribution in [-0.4, -0.2) is 54.4 Å². The fourth-order valence-corrected chi connectivity index (χ4v) is 2.42. The fraction of sp³-hybridized carbons (Fsp3) is 1.00. The van der Waals surface area contributed by atoms with Crippen LogP contribution in [0.5, 0.6) is 0 Å². The fourth-order valence-electron chi connectivity index (χ4n) is 2.24. The zero-order chi connectivity index (χ0) is 11.5. The minimum absolute atomic E-state index is 0.397. The summed E-state index contributed by atoms with van der Waals surface area (Å²) in [6, 6.07) is 0.755. The van der Waals surface area contributed by atoms with Gasteiger partial charge in [0.15, 0.2) is 0 Å². The molecule has 0 radical (unpaired) electrons. The van der Waals surface area contributed by atoms with Crippen molar-refractivity contribution in [1.82, 2.24) is 9.80 Å². The van der Waals surface area contributed by atoms with Crippen LogP contribution in [0, 0.1) is 5.41 Å². The summed E-state index contributed by atoms with van der Waals surface area (Å²) in [6.07, 6.45) is 1.27. The summed E-state index contributed by atoms with van der Waals surface area (Å²) < 4.78 is 0. The van der Waals surface area contributed by atoms with Crippen LogP contribution in [0.2, 0.25) is 0 Å². The highest BCUT2D eigenvalue weighted by molar-refractivity contribution is 9.09. The van der Waals surface area contributed by atoms with Gasteiger partial charge < -0.3 is 4.90 Å². The number of hydrogen-bond donors (Lipinski definition) is 0. The highest BCUT2D eigenvalue weighted by atomic mass is 79.9. The molecule has 1 saturated heterocycles. The molecule has 1 unspecified atom stereocenters. The van der Waals surface area contributed by atoms with Gasteiger partial charge in [0.1, 0.15) is 0 Å². The summed E-state index contributed by atoms with van der Waals surface area (Å²) >= 11 is 3.60. The average Bonchev–Trinajstić information content (AvgIpc) is 2.20. The molecule has 0 amide bonds. The lowest BCUT2D eigenvalue weighted by atomic mass is 9.95. The first-order chi connectivity index (χ1) is 6.98. The van der Waals surface area contributed by atoms with Crippen LogP contribution in [-0.2, 0) is 0 Å². The maximum atomic E-state index is 3.60.